The second kappa shape index (κ2) is 6.17. The van der Waals surface area contributed by atoms with Crippen LogP contribution in [0, 0.1) is 0 Å². The molecule has 2 atom stereocenters. The van der Waals surface area contributed by atoms with Crippen molar-refractivity contribution in [3.8, 4) is 0 Å². The number of aromatic amines is 1. The quantitative estimate of drug-likeness (QED) is 0.750. The van der Waals surface area contributed by atoms with E-state index in [0.29, 0.717) is 10.6 Å². The van der Waals surface area contributed by atoms with Crippen molar-refractivity contribution < 1.29 is 9.84 Å². The molecule has 1 aromatic rings. The van der Waals surface area contributed by atoms with Gasteiger partial charge in [0.15, 0.2) is 0 Å². The van der Waals surface area contributed by atoms with Crippen molar-refractivity contribution >= 4 is 23.2 Å². The lowest BCUT2D eigenvalue weighted by molar-refractivity contribution is 0.0366. The molecular formula is C12H16N2O3S. The van der Waals surface area contributed by atoms with Gasteiger partial charge in [0.05, 0.1) is 35.7 Å². The lowest BCUT2D eigenvalue weighted by atomic mass is 10.2. The molecule has 18 heavy (non-hydrogen) atoms. The average molecular weight is 268 g/mol. The lowest BCUT2D eigenvalue weighted by Gasteiger charge is -2.07. The smallest absolute Gasteiger partial charge is 0.259 e. The molecule has 2 unspecified atom stereocenters. The van der Waals surface area contributed by atoms with Gasteiger partial charge in [0.25, 0.3) is 5.56 Å². The Kier molecular flexibility index (Phi) is 4.57. The van der Waals surface area contributed by atoms with Crippen molar-refractivity contribution in [2.75, 3.05) is 12.9 Å². The van der Waals surface area contributed by atoms with E-state index in [1.807, 2.05) is 12.3 Å². The molecule has 1 saturated heterocycles. The zero-order valence-electron chi connectivity index (χ0n) is 10.1. The number of ether oxygens (including phenoxy) is 1. The van der Waals surface area contributed by atoms with Gasteiger partial charge in [-0.25, -0.2) is 4.98 Å². The molecule has 0 aliphatic carbocycles. The number of aliphatic hydroxyl groups is 1. The standard InChI is InChI=1S/C12H16N2O3S/c1-18-6-10-11(13-7-14-12(10)16)4-8-2-3-9(5-15)17-8/h4,6-9,15H,2-3,5H2,1H3,(H,13,14,16)/b10-6+,11-4-. The van der Waals surface area contributed by atoms with Gasteiger partial charge in [-0.1, -0.05) is 0 Å². The molecule has 1 aromatic heterocycles. The third-order valence-electron chi connectivity index (χ3n) is 2.84. The van der Waals surface area contributed by atoms with Gasteiger partial charge in [0.2, 0.25) is 0 Å². The minimum Gasteiger partial charge on any atom is -0.394 e. The monoisotopic (exact) mass is 268 g/mol. The minimum atomic E-state index is -0.151. The number of nitrogens with one attached hydrogen (secondary N) is 1. The Balaban J connectivity index is 2.37. The summed E-state index contributed by atoms with van der Waals surface area (Å²) in [5, 5.41) is 12.0. The number of aromatic nitrogens is 2. The Morgan fingerprint density at radius 2 is 2.50 bits per heavy atom. The zero-order chi connectivity index (χ0) is 13.0. The van der Waals surface area contributed by atoms with Crippen LogP contribution in [-0.2, 0) is 4.74 Å². The number of hydrogen-bond donors (Lipinski definition) is 2. The third kappa shape index (κ3) is 3.01. The number of nitrogens with zero attached hydrogens (tertiary/aromatic N) is 1. The number of H-pyrrole nitrogens is 1. The Bertz CT molecular complexity index is 569. The van der Waals surface area contributed by atoms with Gasteiger partial charge in [0.1, 0.15) is 0 Å². The highest BCUT2D eigenvalue weighted by Crippen LogP contribution is 2.19. The number of thioether (sulfide) groups is 1. The highest BCUT2D eigenvalue weighted by molar-refractivity contribution is 8.05. The second-order valence-electron chi connectivity index (χ2n) is 4.11. The fourth-order valence-electron chi connectivity index (χ4n) is 1.96. The van der Waals surface area contributed by atoms with E-state index < -0.39 is 0 Å². The highest BCUT2D eigenvalue weighted by Gasteiger charge is 2.22. The van der Waals surface area contributed by atoms with Gasteiger partial charge < -0.3 is 14.8 Å². The molecule has 0 saturated carbocycles. The van der Waals surface area contributed by atoms with Gasteiger partial charge >= 0.3 is 0 Å². The third-order valence-corrected chi connectivity index (χ3v) is 3.31. The molecule has 1 fully saturated rings. The summed E-state index contributed by atoms with van der Waals surface area (Å²) >= 11 is 1.46. The van der Waals surface area contributed by atoms with Crippen LogP contribution in [0.1, 0.15) is 12.8 Å². The van der Waals surface area contributed by atoms with Crippen molar-refractivity contribution in [3.63, 3.8) is 0 Å². The molecule has 6 heteroatoms. The largest absolute Gasteiger partial charge is 0.394 e. The molecule has 0 amide bonds. The van der Waals surface area contributed by atoms with Crippen molar-refractivity contribution in [3.05, 3.63) is 27.2 Å². The highest BCUT2D eigenvalue weighted by atomic mass is 32.2. The molecular weight excluding hydrogens is 252 g/mol. The maximum absolute atomic E-state index is 11.7. The van der Waals surface area contributed by atoms with Crippen LogP contribution in [0.3, 0.4) is 0 Å². The Labute approximate surface area is 109 Å². The summed E-state index contributed by atoms with van der Waals surface area (Å²) in [5.41, 5.74) is -0.151. The number of aliphatic hydroxyl groups excluding tert-OH is 1. The van der Waals surface area contributed by atoms with E-state index >= 15 is 0 Å². The first-order chi connectivity index (χ1) is 8.74. The van der Waals surface area contributed by atoms with Crippen molar-refractivity contribution in [2.45, 2.75) is 25.0 Å². The minimum absolute atomic E-state index is 0.0386. The van der Waals surface area contributed by atoms with Gasteiger partial charge in [-0.05, 0) is 30.6 Å². The van der Waals surface area contributed by atoms with Gasteiger partial charge in [-0.15, -0.1) is 11.8 Å². The average Bonchev–Trinajstić information content (AvgIpc) is 2.81. The molecule has 0 bridgehead atoms. The first-order valence-electron chi connectivity index (χ1n) is 5.79. The van der Waals surface area contributed by atoms with Crippen LogP contribution in [0.5, 0.6) is 0 Å². The van der Waals surface area contributed by atoms with Gasteiger partial charge in [0, 0.05) is 0 Å². The van der Waals surface area contributed by atoms with Gasteiger partial charge in [-0.3, -0.25) is 4.79 Å². The molecule has 0 aromatic carbocycles. The Hall–Kier alpha value is -1.11. The van der Waals surface area contributed by atoms with Crippen molar-refractivity contribution in [1.82, 2.24) is 9.97 Å². The van der Waals surface area contributed by atoms with Crippen LogP contribution >= 0.6 is 11.8 Å². The van der Waals surface area contributed by atoms with E-state index in [1.54, 1.807) is 5.41 Å². The van der Waals surface area contributed by atoms with E-state index in [-0.39, 0.29) is 24.4 Å². The summed E-state index contributed by atoms with van der Waals surface area (Å²) in [6, 6.07) is 0. The maximum atomic E-state index is 11.7. The summed E-state index contributed by atoms with van der Waals surface area (Å²) in [6.45, 7) is 0.0386. The fourth-order valence-corrected chi connectivity index (χ4v) is 2.42. The lowest BCUT2D eigenvalue weighted by Crippen LogP contribution is -2.43. The summed E-state index contributed by atoms with van der Waals surface area (Å²) in [7, 11) is 0. The van der Waals surface area contributed by atoms with Crippen LogP contribution < -0.4 is 16.1 Å². The number of rotatable bonds is 3. The van der Waals surface area contributed by atoms with E-state index in [2.05, 4.69) is 9.97 Å². The molecule has 2 rings (SSSR count). The number of hydrogen-bond acceptors (Lipinski definition) is 5. The molecule has 98 valence electrons. The van der Waals surface area contributed by atoms with Crippen LogP contribution in [0.4, 0.5) is 0 Å². The Morgan fingerprint density at radius 3 is 3.17 bits per heavy atom. The summed E-state index contributed by atoms with van der Waals surface area (Å²) in [5.74, 6) is 0. The fraction of sp³-hybridized carbons (Fsp3) is 0.500. The van der Waals surface area contributed by atoms with Crippen LogP contribution in [0.25, 0.3) is 11.5 Å². The van der Waals surface area contributed by atoms with E-state index in [4.69, 9.17) is 9.84 Å². The molecule has 2 heterocycles. The molecule has 1 aliphatic rings. The first kappa shape index (κ1) is 13.3. The second-order valence-corrected chi connectivity index (χ2v) is 4.81. The summed E-state index contributed by atoms with van der Waals surface area (Å²) in [6.07, 6.45) is 6.65. The van der Waals surface area contributed by atoms with Crippen LogP contribution in [0.15, 0.2) is 11.1 Å². The molecule has 5 nitrogen and oxygen atoms in total. The van der Waals surface area contributed by atoms with Crippen LogP contribution in [-0.4, -0.2) is 40.1 Å². The normalized spacial score (nSPS) is 25.9. The zero-order valence-corrected chi connectivity index (χ0v) is 10.9. The van der Waals surface area contributed by atoms with Gasteiger partial charge in [-0.2, -0.15) is 0 Å². The molecule has 0 radical (unpaired) electrons. The van der Waals surface area contributed by atoms with Crippen molar-refractivity contribution in [1.29, 1.82) is 0 Å². The molecule has 0 spiro atoms. The SMILES string of the molecule is CS/C=c1/c(=O)[nH]cn/c1=C\C1CCC(CO)O1. The Morgan fingerprint density at radius 1 is 1.67 bits per heavy atom. The first-order valence-corrected chi connectivity index (χ1v) is 7.08. The predicted molar refractivity (Wildman–Crippen MR) is 71.5 cm³/mol. The topological polar surface area (TPSA) is 75.2 Å². The van der Waals surface area contributed by atoms with E-state index in [0.717, 1.165) is 12.8 Å². The molecule has 1 aliphatic heterocycles. The van der Waals surface area contributed by atoms with E-state index in [9.17, 15) is 4.79 Å². The predicted octanol–water partition coefficient (Wildman–Crippen LogP) is -0.809. The maximum Gasteiger partial charge on any atom is 0.259 e. The summed E-state index contributed by atoms with van der Waals surface area (Å²) in [4.78, 5) is 18.4. The van der Waals surface area contributed by atoms with E-state index in [1.165, 1.54) is 18.1 Å². The molecule has 2 N–H and O–H groups in total. The summed E-state index contributed by atoms with van der Waals surface area (Å²) < 4.78 is 5.61. The van der Waals surface area contributed by atoms with Crippen molar-refractivity contribution in [2.24, 2.45) is 0 Å². The van der Waals surface area contributed by atoms with Crippen LogP contribution in [0.2, 0.25) is 0 Å².